The number of aliphatic imine (C=N–C) groups is 1. The predicted octanol–water partition coefficient (Wildman–Crippen LogP) is 3.83. The topological polar surface area (TPSA) is 29.4 Å². The van der Waals surface area contributed by atoms with Crippen LogP contribution in [0.4, 0.5) is 8.78 Å². The fraction of sp³-hybridized carbons (Fsp3) is 0.417. The molecular weight excluding hydrogens is 292 g/mol. The molecule has 5 heteroatoms. The third-order valence-electron chi connectivity index (χ3n) is 3.21. The molecule has 0 radical (unpaired) electrons. The third kappa shape index (κ3) is 2.17. The SMILES string of the molecule is O=C=NC1(c2cc(F)c(F)c(Br)c2)CCCC1. The zero-order valence-electron chi connectivity index (χ0n) is 8.97. The Balaban J connectivity index is 2.54. The van der Waals surface area contributed by atoms with E-state index in [-0.39, 0.29) is 4.47 Å². The van der Waals surface area contributed by atoms with Crippen LogP contribution in [0.3, 0.4) is 0 Å². The summed E-state index contributed by atoms with van der Waals surface area (Å²) in [5, 5.41) is 0. The smallest absolute Gasteiger partial charge is 0.211 e. The van der Waals surface area contributed by atoms with Crippen LogP contribution in [0.1, 0.15) is 31.2 Å². The van der Waals surface area contributed by atoms with Gasteiger partial charge >= 0.3 is 0 Å². The first-order chi connectivity index (χ1) is 8.09. The molecule has 0 atom stereocenters. The molecule has 1 aliphatic carbocycles. The van der Waals surface area contributed by atoms with Gasteiger partial charge in [0.05, 0.1) is 10.0 Å². The number of rotatable bonds is 2. The van der Waals surface area contributed by atoms with Crippen LogP contribution in [0.5, 0.6) is 0 Å². The number of carbonyl (C=O) groups excluding carboxylic acids is 1. The molecule has 1 aromatic carbocycles. The summed E-state index contributed by atoms with van der Waals surface area (Å²) in [6.45, 7) is 0. The molecule has 0 N–H and O–H groups in total. The molecule has 0 amide bonds. The van der Waals surface area contributed by atoms with Crippen molar-refractivity contribution < 1.29 is 13.6 Å². The number of isocyanates is 1. The van der Waals surface area contributed by atoms with E-state index in [9.17, 15) is 13.6 Å². The van der Waals surface area contributed by atoms with Gasteiger partial charge in [-0.2, -0.15) is 4.99 Å². The number of halogens is 3. The zero-order chi connectivity index (χ0) is 12.5. The first-order valence-corrected chi connectivity index (χ1v) is 6.12. The van der Waals surface area contributed by atoms with Crippen molar-refractivity contribution in [1.82, 2.24) is 0 Å². The average Bonchev–Trinajstić information content (AvgIpc) is 2.75. The van der Waals surface area contributed by atoms with Crippen LogP contribution in [-0.2, 0) is 10.3 Å². The molecule has 2 nitrogen and oxygen atoms in total. The molecule has 0 saturated heterocycles. The minimum atomic E-state index is -0.929. The summed E-state index contributed by atoms with van der Waals surface area (Å²) in [5.74, 6) is -1.85. The van der Waals surface area contributed by atoms with E-state index in [1.165, 1.54) is 6.07 Å². The lowest BCUT2D eigenvalue weighted by atomic mass is 9.89. The minimum Gasteiger partial charge on any atom is -0.211 e. The van der Waals surface area contributed by atoms with Crippen molar-refractivity contribution in [2.75, 3.05) is 0 Å². The van der Waals surface area contributed by atoms with Gasteiger partial charge in [0.2, 0.25) is 6.08 Å². The van der Waals surface area contributed by atoms with E-state index in [4.69, 9.17) is 0 Å². The van der Waals surface area contributed by atoms with Gasteiger partial charge in [0.25, 0.3) is 0 Å². The molecular formula is C12H10BrF2NO. The highest BCUT2D eigenvalue weighted by molar-refractivity contribution is 9.10. The second kappa shape index (κ2) is 4.67. The maximum atomic E-state index is 13.4. The van der Waals surface area contributed by atoms with Gasteiger partial charge in [0.15, 0.2) is 11.6 Å². The normalized spacial score (nSPS) is 17.8. The highest BCUT2D eigenvalue weighted by Gasteiger charge is 2.36. The molecule has 1 aromatic rings. The first kappa shape index (κ1) is 12.4. The van der Waals surface area contributed by atoms with Crippen molar-refractivity contribution >= 4 is 22.0 Å². The van der Waals surface area contributed by atoms with Crippen molar-refractivity contribution in [3.8, 4) is 0 Å². The molecule has 0 unspecified atom stereocenters. The number of hydrogen-bond acceptors (Lipinski definition) is 2. The first-order valence-electron chi connectivity index (χ1n) is 5.33. The van der Waals surface area contributed by atoms with Crippen molar-refractivity contribution in [3.63, 3.8) is 0 Å². The predicted molar refractivity (Wildman–Crippen MR) is 62.3 cm³/mol. The zero-order valence-corrected chi connectivity index (χ0v) is 10.6. The Kier molecular flexibility index (Phi) is 3.40. The molecule has 0 aromatic heterocycles. The van der Waals surface area contributed by atoms with Gasteiger partial charge in [-0.15, -0.1) is 0 Å². The van der Waals surface area contributed by atoms with E-state index in [2.05, 4.69) is 20.9 Å². The Morgan fingerprint density at radius 2 is 1.94 bits per heavy atom. The molecule has 1 aliphatic rings. The van der Waals surface area contributed by atoms with Gasteiger partial charge in [-0.1, -0.05) is 12.8 Å². The standard InChI is InChI=1S/C12H10BrF2NO/c13-9-5-8(6-10(14)11(9)15)12(16-7-17)3-1-2-4-12/h5-6H,1-4H2. The molecule has 1 saturated carbocycles. The summed E-state index contributed by atoms with van der Waals surface area (Å²) in [4.78, 5) is 14.3. The van der Waals surface area contributed by atoms with Gasteiger partial charge in [0.1, 0.15) is 0 Å². The second-order valence-electron chi connectivity index (χ2n) is 4.20. The molecule has 1 fully saturated rings. The van der Waals surface area contributed by atoms with E-state index in [1.54, 1.807) is 6.08 Å². The summed E-state index contributed by atoms with van der Waals surface area (Å²) >= 11 is 2.96. The molecule has 90 valence electrons. The van der Waals surface area contributed by atoms with Gasteiger partial charge in [-0.3, -0.25) is 0 Å². The molecule has 2 rings (SSSR count). The van der Waals surface area contributed by atoms with Crippen LogP contribution in [0, 0.1) is 11.6 Å². The lowest BCUT2D eigenvalue weighted by molar-refractivity contribution is 0.444. The van der Waals surface area contributed by atoms with Crippen LogP contribution < -0.4 is 0 Å². The van der Waals surface area contributed by atoms with Gasteiger partial charge in [0, 0.05) is 0 Å². The minimum absolute atomic E-state index is 0.0554. The van der Waals surface area contributed by atoms with E-state index in [0.717, 1.165) is 18.9 Å². The fourth-order valence-corrected chi connectivity index (χ4v) is 2.77. The molecule has 0 bridgehead atoms. The fourth-order valence-electron chi connectivity index (χ4n) is 2.34. The molecule has 0 heterocycles. The van der Waals surface area contributed by atoms with Crippen molar-refractivity contribution in [3.05, 3.63) is 33.8 Å². The Bertz CT molecular complexity index is 468. The quantitative estimate of drug-likeness (QED) is 0.464. The van der Waals surface area contributed by atoms with Crippen molar-refractivity contribution in [1.29, 1.82) is 0 Å². The molecule has 0 aliphatic heterocycles. The van der Waals surface area contributed by atoms with E-state index in [1.807, 2.05) is 0 Å². The maximum Gasteiger partial charge on any atom is 0.235 e. The van der Waals surface area contributed by atoms with Crippen LogP contribution in [-0.4, -0.2) is 6.08 Å². The molecule has 0 spiro atoms. The van der Waals surface area contributed by atoms with Crippen LogP contribution in [0.25, 0.3) is 0 Å². The Morgan fingerprint density at radius 1 is 1.29 bits per heavy atom. The number of benzene rings is 1. The summed E-state index contributed by atoms with van der Waals surface area (Å²) in [7, 11) is 0. The largest absolute Gasteiger partial charge is 0.235 e. The highest BCUT2D eigenvalue weighted by Crippen LogP contribution is 2.43. The summed E-state index contributed by atoms with van der Waals surface area (Å²) < 4.78 is 26.6. The Morgan fingerprint density at radius 3 is 2.47 bits per heavy atom. The highest BCUT2D eigenvalue weighted by atomic mass is 79.9. The van der Waals surface area contributed by atoms with Crippen molar-refractivity contribution in [2.45, 2.75) is 31.2 Å². The molecule has 17 heavy (non-hydrogen) atoms. The number of hydrogen-bond donors (Lipinski definition) is 0. The third-order valence-corrected chi connectivity index (χ3v) is 3.79. The van der Waals surface area contributed by atoms with Crippen LogP contribution >= 0.6 is 15.9 Å². The van der Waals surface area contributed by atoms with Gasteiger partial charge in [-0.05, 0) is 46.5 Å². The monoisotopic (exact) mass is 301 g/mol. The second-order valence-corrected chi connectivity index (χ2v) is 5.05. The summed E-state index contributed by atoms with van der Waals surface area (Å²) in [6.07, 6.45) is 4.72. The number of nitrogens with zero attached hydrogens (tertiary/aromatic N) is 1. The van der Waals surface area contributed by atoms with Gasteiger partial charge < -0.3 is 0 Å². The van der Waals surface area contributed by atoms with E-state index < -0.39 is 17.2 Å². The lowest BCUT2D eigenvalue weighted by Crippen LogP contribution is -2.19. The maximum absolute atomic E-state index is 13.4. The lowest BCUT2D eigenvalue weighted by Gasteiger charge is -2.23. The van der Waals surface area contributed by atoms with Gasteiger partial charge in [-0.25, -0.2) is 13.6 Å². The Hall–Kier alpha value is -1.06. The van der Waals surface area contributed by atoms with Crippen molar-refractivity contribution in [2.24, 2.45) is 4.99 Å². The summed E-state index contributed by atoms with van der Waals surface area (Å²) in [5.41, 5.74) is -0.192. The average molecular weight is 302 g/mol. The summed E-state index contributed by atoms with van der Waals surface area (Å²) in [6, 6.07) is 2.61. The Labute approximate surface area is 106 Å². The van der Waals surface area contributed by atoms with E-state index in [0.29, 0.717) is 18.4 Å². The van der Waals surface area contributed by atoms with Crippen LogP contribution in [0.15, 0.2) is 21.6 Å². The van der Waals surface area contributed by atoms with Crippen LogP contribution in [0.2, 0.25) is 0 Å². The van der Waals surface area contributed by atoms with E-state index >= 15 is 0 Å².